The van der Waals surface area contributed by atoms with Gasteiger partial charge >= 0.3 is 58.6 Å². The van der Waals surface area contributed by atoms with Gasteiger partial charge in [0, 0.05) is 168 Å². The molecule has 1 fully saturated rings. The zero-order valence-corrected chi connectivity index (χ0v) is 78.8. The molecule has 129 heavy (non-hydrogen) atoms. The van der Waals surface area contributed by atoms with Crippen molar-refractivity contribution < 1.29 is 108 Å². The maximum absolute atomic E-state index is 15.0. The maximum atomic E-state index is 15.0. The van der Waals surface area contributed by atoms with Crippen molar-refractivity contribution in [2.24, 2.45) is 60.3 Å². The molecule has 31 nitrogen and oxygen atoms in total. The first-order chi connectivity index (χ1) is 60.9. The van der Waals surface area contributed by atoms with E-state index < -0.39 is 98.7 Å². The van der Waals surface area contributed by atoms with Crippen molar-refractivity contribution in [2.75, 3.05) is 95.4 Å². The third kappa shape index (κ3) is 23.1. The van der Waals surface area contributed by atoms with Gasteiger partial charge in [-0.25, -0.2) is 9.97 Å². The Morgan fingerprint density at radius 1 is 0.519 bits per heavy atom. The number of carboxylic acids is 1. The number of aliphatic carboxylic acids is 1. The van der Waals surface area contributed by atoms with E-state index in [2.05, 4.69) is 39.8 Å². The van der Waals surface area contributed by atoms with Crippen LogP contribution in [0.15, 0.2) is 86.7 Å². The zero-order valence-electron chi connectivity index (χ0n) is 77.7. The fourth-order valence-corrected chi connectivity index (χ4v) is 19.5. The maximum Gasteiger partial charge on any atom is 3.00 e. The number of carbonyl (C=O) groups is 9. The van der Waals surface area contributed by atoms with Crippen LogP contribution >= 0.6 is 0 Å². The molecule has 10 rings (SSSR count). The van der Waals surface area contributed by atoms with Gasteiger partial charge in [-0.2, -0.15) is 5.70 Å². The summed E-state index contributed by atoms with van der Waals surface area (Å²) in [5.41, 5.74) is 12.0. The first kappa shape index (κ1) is 105. The number of methoxy groups -OCH3 is 6. The molecule has 3 aromatic rings. The molecule has 2 amide bonds. The molecule has 0 spiro atoms. The second-order valence-electron chi connectivity index (χ2n) is 34.7. The van der Waals surface area contributed by atoms with Crippen LogP contribution < -0.4 is 10.6 Å². The number of ether oxygens (including phenoxy) is 9. The fraction of sp³-hybridized carbons (Fsp3) is 0.546. The molecule has 16 bridgehead atoms. The molecule has 0 saturated carbocycles. The van der Waals surface area contributed by atoms with E-state index in [1.54, 1.807) is 0 Å². The molecule has 7 aliphatic heterocycles. The van der Waals surface area contributed by atoms with E-state index in [1.807, 2.05) is 120 Å². The molecule has 9 atom stereocenters. The van der Waals surface area contributed by atoms with Gasteiger partial charge in [0.2, 0.25) is 11.8 Å². The van der Waals surface area contributed by atoms with Crippen LogP contribution in [0.25, 0.3) is 61.8 Å². The molecule has 32 heteroatoms. The number of carbonyl (C=O) groups excluding carboxylic acids is 8. The largest absolute Gasteiger partial charge is 3.00 e. The van der Waals surface area contributed by atoms with Gasteiger partial charge in [-0.3, -0.25) is 58.1 Å². The van der Waals surface area contributed by atoms with Crippen LogP contribution in [0, 0.1) is 82.8 Å². The van der Waals surface area contributed by atoms with Crippen LogP contribution in [-0.4, -0.2) is 203 Å². The summed E-state index contributed by atoms with van der Waals surface area (Å²) in [7, 11) is 7.86. The van der Waals surface area contributed by atoms with E-state index >= 15 is 0 Å². The van der Waals surface area contributed by atoms with Crippen molar-refractivity contribution in [2.45, 2.75) is 204 Å². The van der Waals surface area contributed by atoms with Gasteiger partial charge in [0.05, 0.1) is 110 Å². The van der Waals surface area contributed by atoms with E-state index in [9.17, 15) is 48.3 Å². The first-order valence-corrected chi connectivity index (χ1v) is 43.3. The molecule has 0 aliphatic carbocycles. The van der Waals surface area contributed by atoms with Crippen LogP contribution in [0.3, 0.4) is 0 Å². The number of nitrogens with one attached hydrogen (secondary N) is 4. The number of carboxylic acid groups (broad SMARTS) is 1. The van der Waals surface area contributed by atoms with Gasteiger partial charge in [-0.15, -0.1) is 0 Å². The summed E-state index contributed by atoms with van der Waals surface area (Å²) in [5, 5.41) is 34.2. The molecule has 10 heterocycles. The summed E-state index contributed by atoms with van der Waals surface area (Å²) in [6.07, 6.45) is 7.27. The van der Waals surface area contributed by atoms with Gasteiger partial charge in [0.25, 0.3) is 0 Å². The van der Waals surface area contributed by atoms with Crippen molar-refractivity contribution in [3.8, 4) is 0 Å². The minimum Gasteiger partial charge on any atom is -0.682 e. The number of fused-ring (bicyclic) bond motifs is 14. The number of aliphatic imine (C=N–C) groups is 3. The smallest absolute Gasteiger partial charge is 0.682 e. The van der Waals surface area contributed by atoms with Crippen LogP contribution in [0.1, 0.15) is 223 Å². The summed E-state index contributed by atoms with van der Waals surface area (Å²) < 4.78 is 49.7. The number of hydrogen-bond donors (Lipinski definition) is 5. The summed E-state index contributed by atoms with van der Waals surface area (Å²) in [6.45, 7) is 43.9. The minimum absolute atomic E-state index is 0. The Bertz CT molecular complexity index is 5260. The Morgan fingerprint density at radius 2 is 0.984 bits per heavy atom. The molecule has 5 N–H and O–H groups in total. The number of esters is 6. The Hall–Kier alpha value is -11.3. The molecule has 1 unspecified atom stereocenters. The average Bonchev–Trinajstić information content (AvgIpc) is 1.52. The third-order valence-corrected chi connectivity index (χ3v) is 27.1. The summed E-state index contributed by atoms with van der Waals surface area (Å²) in [5.74, 6) is -7.06. The molecule has 1 saturated heterocycles. The molecular formula is C97H125CoN12O19. The van der Waals surface area contributed by atoms with E-state index in [0.717, 1.165) is 72.3 Å². The molecular weight excluding hydrogens is 1700 g/mol. The van der Waals surface area contributed by atoms with Crippen LogP contribution in [0.2, 0.25) is 0 Å². The Kier molecular flexibility index (Phi) is 37.6. The fourth-order valence-electron chi connectivity index (χ4n) is 19.5. The molecule has 3 aromatic heterocycles. The van der Waals surface area contributed by atoms with E-state index in [1.165, 1.54) is 42.7 Å². The van der Waals surface area contributed by atoms with E-state index in [0.29, 0.717) is 115 Å². The number of hydrogen-bond acceptors (Lipinski definition) is 25. The number of aromatic nitrogens is 4. The summed E-state index contributed by atoms with van der Waals surface area (Å²) in [6, 6.07) is 7.02. The number of allylic oxidation sites excluding steroid dienone is 10. The number of H-pyrrole nitrogens is 2. The zero-order chi connectivity index (χ0) is 94.5. The number of aryl methyl sites for hydroxylation is 2. The van der Waals surface area contributed by atoms with E-state index in [-0.39, 0.29) is 138 Å². The minimum atomic E-state index is -1.45. The molecule has 0 radical (unpaired) electrons. The molecule has 0 aromatic carbocycles. The first-order valence-electron chi connectivity index (χ1n) is 43.3. The summed E-state index contributed by atoms with van der Waals surface area (Å²) in [4.78, 5) is 157. The van der Waals surface area contributed by atoms with Crippen LogP contribution in [0.5, 0.6) is 0 Å². The molecule has 7 aliphatic rings. The second kappa shape index (κ2) is 46.3. The Balaban J connectivity index is 0.00000449. The number of amides is 2. The van der Waals surface area contributed by atoms with Gasteiger partial charge < -0.3 is 97.3 Å². The third-order valence-electron chi connectivity index (χ3n) is 27.1. The van der Waals surface area contributed by atoms with Crippen LogP contribution in [-0.2, 0) is 103 Å². The van der Waals surface area contributed by atoms with Crippen LogP contribution in [0.4, 0.5) is 0 Å². The number of aromatic amines is 2. The normalized spacial score (nSPS) is 23.7. The van der Waals surface area contributed by atoms with Crippen molar-refractivity contribution in [3.63, 3.8) is 0 Å². The number of rotatable bonds is 40. The quantitative estimate of drug-likeness (QED) is 0.0153. The second-order valence-corrected chi connectivity index (χ2v) is 34.7. The van der Waals surface area contributed by atoms with Crippen molar-refractivity contribution in [1.29, 1.82) is 10.5 Å². The average molecular weight is 1820 g/mol. The van der Waals surface area contributed by atoms with Gasteiger partial charge in [0.15, 0.2) is 0 Å². The van der Waals surface area contributed by atoms with Crippen molar-refractivity contribution in [1.82, 2.24) is 30.6 Å². The standard InChI is InChI=1S/C95H126N10O19.2CN.Co/c1-21-59-53(3)67-46-68-55(5)61(73(100-68)49-74-62(26-31-79(108)109)56(6)70(101-74)48-72-60(22-2)54(4)69(99-72)47-71(59)98-67)25-30-77(106)96-37-23-39-122-41-43-124-44-42-123-40-24-38-97-78(107)51-93(12)63(27-32-80(110)116-15)75-50-76-91(9,10)64(28-33-81(111)117-16)86(103-76)57(7)88-92(11,36-35-83(113)119-18)66(45-84(114)120-19)90(104-88)95(14)94(13,52-85(115)121-20)65(29-34-82(112)118-17)87(105-95)58(8)89(93)102-75;2*1-2;/h21-22,46-50,63-66,90H,1-2,23-45,51-52H2,3-20H3,(H6,96,97,98,99,100,101,102,103,104,105,106,107,108,109);;;/q;2*-1;+3/p-1/t63-,64-,65-,66+,90?,92-,93+,94+,95+;;;/m1.../s1. The Morgan fingerprint density at radius 3 is 1.50 bits per heavy atom. The monoisotopic (exact) mass is 1820 g/mol. The predicted octanol–water partition coefficient (Wildman–Crippen LogP) is 15.1. The Labute approximate surface area is 766 Å². The number of nitrogens with zero attached hydrogens (tertiary/aromatic N) is 8. The van der Waals surface area contributed by atoms with Gasteiger partial charge in [0.1, 0.15) is 0 Å². The molecule has 696 valence electrons. The van der Waals surface area contributed by atoms with Crippen molar-refractivity contribution in [3.05, 3.63) is 135 Å². The van der Waals surface area contributed by atoms with Gasteiger partial charge in [-0.1, -0.05) is 66.0 Å². The van der Waals surface area contributed by atoms with Gasteiger partial charge in [-0.05, 0) is 186 Å². The van der Waals surface area contributed by atoms with Crippen molar-refractivity contribution >= 4 is 127 Å². The topological polar surface area (TPSA) is 437 Å². The van der Waals surface area contributed by atoms with E-state index in [4.69, 9.17) is 96.6 Å². The summed E-state index contributed by atoms with van der Waals surface area (Å²) >= 11 is 0. The SMILES string of the molecule is C=Cc1c(C)c2cc3[nH]c(cc4nc(cc5nc(cc1[nH]2)C(C)=C5CCC(=O)O)C(CCC(=O)NCCCOCCOCCOCCCNC(=O)C[C@]1(C)/C2=C(\C)C5=N[C@@](C)(C6[N-]/C(=C(/C)C7=N/C(=C\C(=N2)[C@H]1CCC(=O)OC)C(C)(C)[C@@H]7CCC(=O)OC)[C@](C)(CCC(=O)OC)[C@H]6CC(=O)OC)[C@@](C)(CC(=O)OC)[C@@H]5CCC(=O)OC)=C4C)c(C)c3C=C.[C-]#N.[C-]#N.[Co+3]. The predicted molar refractivity (Wildman–Crippen MR) is 486 cm³/mol.